The van der Waals surface area contributed by atoms with Gasteiger partial charge in [0, 0.05) is 28.4 Å². The summed E-state index contributed by atoms with van der Waals surface area (Å²) in [4.78, 5) is 25.3. The zero-order chi connectivity index (χ0) is 17.7. The molecule has 4 nitrogen and oxygen atoms in total. The summed E-state index contributed by atoms with van der Waals surface area (Å²) in [6.45, 7) is 0. The minimum Gasteiger partial charge on any atom is -0.425 e. The Labute approximate surface area is 153 Å². The number of rotatable bonds is 1. The van der Waals surface area contributed by atoms with E-state index in [1.165, 1.54) is 0 Å². The molecule has 1 atom stereocenters. The SMILES string of the molecule is Cn1c(=O)c2c(c3ccccc31)OC(=O)C[C@@H]2c1c(Cl)cccc1Cl. The van der Waals surface area contributed by atoms with E-state index in [-0.39, 0.29) is 12.0 Å². The number of benzene rings is 2. The molecule has 0 fully saturated rings. The van der Waals surface area contributed by atoms with E-state index in [2.05, 4.69) is 0 Å². The predicted octanol–water partition coefficient (Wildman–Crippen LogP) is 4.29. The lowest BCUT2D eigenvalue weighted by molar-refractivity contribution is -0.135. The van der Waals surface area contributed by atoms with Crippen LogP contribution < -0.4 is 10.3 Å². The Balaban J connectivity index is 2.11. The minimum absolute atomic E-state index is 0.0179. The van der Waals surface area contributed by atoms with Gasteiger partial charge in [-0.2, -0.15) is 0 Å². The van der Waals surface area contributed by atoms with Crippen molar-refractivity contribution >= 4 is 40.1 Å². The van der Waals surface area contributed by atoms with Crippen LogP contribution >= 0.6 is 23.2 Å². The molecule has 1 aliphatic heterocycles. The molecular weight excluding hydrogens is 361 g/mol. The maximum absolute atomic E-state index is 13.0. The molecule has 1 aromatic heterocycles. The van der Waals surface area contributed by atoms with Crippen LogP contribution in [0.25, 0.3) is 10.9 Å². The molecular formula is C19H13Cl2NO3. The van der Waals surface area contributed by atoms with E-state index < -0.39 is 11.9 Å². The number of halogens is 2. The third-order valence-electron chi connectivity index (χ3n) is 4.57. The smallest absolute Gasteiger partial charge is 0.312 e. The fraction of sp³-hybridized carbons (Fsp3) is 0.158. The quantitative estimate of drug-likeness (QED) is 0.597. The lowest BCUT2D eigenvalue weighted by Crippen LogP contribution is -2.31. The number of hydrogen-bond acceptors (Lipinski definition) is 3. The van der Waals surface area contributed by atoms with Gasteiger partial charge in [0.25, 0.3) is 5.56 Å². The van der Waals surface area contributed by atoms with Crippen molar-refractivity contribution in [2.45, 2.75) is 12.3 Å². The first-order valence-electron chi connectivity index (χ1n) is 7.75. The van der Waals surface area contributed by atoms with Crippen molar-refractivity contribution in [2.75, 3.05) is 0 Å². The summed E-state index contributed by atoms with van der Waals surface area (Å²) in [5, 5.41) is 1.56. The molecule has 0 unspecified atom stereocenters. The number of carbonyl (C=O) groups excluding carboxylic acids is 1. The monoisotopic (exact) mass is 373 g/mol. The third kappa shape index (κ3) is 2.44. The molecule has 2 aromatic carbocycles. The molecule has 3 aromatic rings. The van der Waals surface area contributed by atoms with Crippen molar-refractivity contribution in [1.29, 1.82) is 0 Å². The number of esters is 1. The molecule has 2 heterocycles. The summed E-state index contributed by atoms with van der Waals surface area (Å²) in [6.07, 6.45) is 0.0179. The molecule has 0 N–H and O–H groups in total. The van der Waals surface area contributed by atoms with Crippen molar-refractivity contribution in [3.05, 3.63) is 74.0 Å². The fourth-order valence-corrected chi connectivity index (χ4v) is 4.08. The van der Waals surface area contributed by atoms with Crippen LogP contribution in [0.3, 0.4) is 0 Å². The van der Waals surface area contributed by atoms with E-state index in [9.17, 15) is 9.59 Å². The average molecular weight is 374 g/mol. The largest absolute Gasteiger partial charge is 0.425 e. The number of aryl methyl sites for hydroxylation is 1. The average Bonchev–Trinajstić information content (AvgIpc) is 2.59. The Morgan fingerprint density at radius 1 is 1.00 bits per heavy atom. The van der Waals surface area contributed by atoms with Crippen molar-refractivity contribution < 1.29 is 9.53 Å². The molecule has 6 heteroatoms. The Hall–Kier alpha value is -2.30. The number of ether oxygens (including phenoxy) is 1. The highest BCUT2D eigenvalue weighted by Crippen LogP contribution is 2.44. The normalized spacial score (nSPS) is 16.6. The van der Waals surface area contributed by atoms with Crippen LogP contribution in [0.4, 0.5) is 0 Å². The van der Waals surface area contributed by atoms with Gasteiger partial charge in [-0.05, 0) is 29.8 Å². The summed E-state index contributed by atoms with van der Waals surface area (Å²) in [5.74, 6) is -0.649. The van der Waals surface area contributed by atoms with Crippen LogP contribution in [0.2, 0.25) is 10.0 Å². The molecule has 0 bridgehead atoms. The van der Waals surface area contributed by atoms with Gasteiger partial charge in [0.15, 0.2) is 0 Å². The Bertz CT molecular complexity index is 1070. The van der Waals surface area contributed by atoms with Crippen LogP contribution in [0.15, 0.2) is 47.3 Å². The number of nitrogens with zero attached hydrogens (tertiary/aromatic N) is 1. The molecule has 0 saturated heterocycles. The van der Waals surface area contributed by atoms with E-state index >= 15 is 0 Å². The first-order valence-corrected chi connectivity index (χ1v) is 8.51. The first-order chi connectivity index (χ1) is 12.0. The number of hydrogen-bond donors (Lipinski definition) is 0. The van der Waals surface area contributed by atoms with Gasteiger partial charge in [0.1, 0.15) is 5.75 Å². The standard InChI is InChI=1S/C19H13Cl2NO3/c1-22-14-8-3-2-5-10(14)18-17(19(22)24)11(9-15(23)25-18)16-12(20)6-4-7-13(16)21/h2-8,11H,9H2,1H3/t11-/m1/s1. The van der Waals surface area contributed by atoms with Gasteiger partial charge < -0.3 is 9.30 Å². The molecule has 4 rings (SSSR count). The van der Waals surface area contributed by atoms with Crippen molar-refractivity contribution in [3.63, 3.8) is 0 Å². The van der Waals surface area contributed by atoms with Gasteiger partial charge in [-0.1, -0.05) is 41.4 Å². The van der Waals surface area contributed by atoms with Gasteiger partial charge in [-0.25, -0.2) is 0 Å². The first kappa shape index (κ1) is 16.2. The van der Waals surface area contributed by atoms with E-state index in [1.54, 1.807) is 29.8 Å². The summed E-state index contributed by atoms with van der Waals surface area (Å²) >= 11 is 12.7. The van der Waals surface area contributed by atoms with Crippen molar-refractivity contribution in [2.24, 2.45) is 7.05 Å². The molecule has 0 aliphatic carbocycles. The molecule has 0 spiro atoms. The van der Waals surface area contributed by atoms with E-state index in [0.29, 0.717) is 37.8 Å². The fourth-order valence-electron chi connectivity index (χ4n) is 3.42. The minimum atomic E-state index is -0.541. The van der Waals surface area contributed by atoms with Crippen molar-refractivity contribution in [3.8, 4) is 5.75 Å². The van der Waals surface area contributed by atoms with Crippen LogP contribution in [0, 0.1) is 0 Å². The predicted molar refractivity (Wildman–Crippen MR) is 97.7 cm³/mol. The number of aromatic nitrogens is 1. The molecule has 0 radical (unpaired) electrons. The highest BCUT2D eigenvalue weighted by Gasteiger charge is 2.35. The third-order valence-corrected chi connectivity index (χ3v) is 5.23. The van der Waals surface area contributed by atoms with Crippen LogP contribution in [0.1, 0.15) is 23.5 Å². The highest BCUT2D eigenvalue weighted by molar-refractivity contribution is 6.36. The van der Waals surface area contributed by atoms with Gasteiger partial charge in [-0.3, -0.25) is 9.59 Å². The zero-order valence-electron chi connectivity index (χ0n) is 13.3. The van der Waals surface area contributed by atoms with Gasteiger partial charge in [0.05, 0.1) is 17.5 Å². The van der Waals surface area contributed by atoms with E-state index in [4.69, 9.17) is 27.9 Å². The Morgan fingerprint density at radius 3 is 2.40 bits per heavy atom. The lowest BCUT2D eigenvalue weighted by Gasteiger charge is -2.27. The van der Waals surface area contributed by atoms with Gasteiger partial charge >= 0.3 is 5.97 Å². The Morgan fingerprint density at radius 2 is 1.68 bits per heavy atom. The number of pyridine rings is 1. The van der Waals surface area contributed by atoms with E-state index in [1.807, 2.05) is 24.3 Å². The lowest BCUT2D eigenvalue weighted by atomic mass is 9.86. The van der Waals surface area contributed by atoms with Crippen molar-refractivity contribution in [1.82, 2.24) is 4.57 Å². The summed E-state index contributed by atoms with van der Waals surface area (Å²) in [7, 11) is 1.70. The maximum atomic E-state index is 13.0. The number of fused-ring (bicyclic) bond motifs is 3. The summed E-state index contributed by atoms with van der Waals surface area (Å²) in [6, 6.07) is 12.5. The molecule has 126 valence electrons. The van der Waals surface area contributed by atoms with Crippen LogP contribution in [-0.2, 0) is 11.8 Å². The number of para-hydroxylation sites is 1. The molecule has 25 heavy (non-hydrogen) atoms. The maximum Gasteiger partial charge on any atom is 0.312 e. The van der Waals surface area contributed by atoms with Crippen LogP contribution in [-0.4, -0.2) is 10.5 Å². The highest BCUT2D eigenvalue weighted by atomic mass is 35.5. The second-order valence-electron chi connectivity index (χ2n) is 5.99. The van der Waals surface area contributed by atoms with E-state index in [0.717, 1.165) is 0 Å². The summed E-state index contributed by atoms with van der Waals surface area (Å²) in [5.41, 5.74) is 1.47. The topological polar surface area (TPSA) is 48.3 Å². The summed E-state index contributed by atoms with van der Waals surface area (Å²) < 4.78 is 7.03. The Kier molecular flexibility index (Phi) is 3.82. The van der Waals surface area contributed by atoms with Crippen LogP contribution in [0.5, 0.6) is 5.75 Å². The van der Waals surface area contributed by atoms with Gasteiger partial charge in [-0.15, -0.1) is 0 Å². The zero-order valence-corrected chi connectivity index (χ0v) is 14.8. The molecule has 0 amide bonds. The number of carbonyl (C=O) groups is 1. The second-order valence-corrected chi connectivity index (χ2v) is 6.80. The second kappa shape index (κ2) is 5.90. The molecule has 1 aliphatic rings. The molecule has 0 saturated carbocycles. The van der Waals surface area contributed by atoms with Gasteiger partial charge in [0.2, 0.25) is 0 Å².